The molecule has 0 spiro atoms. The van der Waals surface area contributed by atoms with Gasteiger partial charge in [0.05, 0.1) is 6.10 Å². The van der Waals surface area contributed by atoms with Gasteiger partial charge in [-0.3, -0.25) is 0 Å². The van der Waals surface area contributed by atoms with Gasteiger partial charge in [-0.05, 0) is 31.4 Å². The highest BCUT2D eigenvalue weighted by Crippen LogP contribution is 2.33. The van der Waals surface area contributed by atoms with Crippen LogP contribution in [0.15, 0.2) is 23.1 Å². The predicted octanol–water partition coefficient (Wildman–Crippen LogP) is 2.68. The van der Waals surface area contributed by atoms with E-state index < -0.39 is 15.6 Å². The molecule has 0 radical (unpaired) electrons. The second-order valence-electron chi connectivity index (χ2n) is 6.03. The van der Waals surface area contributed by atoms with Crippen molar-refractivity contribution in [3.63, 3.8) is 0 Å². The van der Waals surface area contributed by atoms with Crippen molar-refractivity contribution in [2.75, 3.05) is 11.5 Å². The quantitative estimate of drug-likeness (QED) is 0.435. The number of aliphatic hydroxyl groups is 1. The number of allylic oxidation sites excluding steroid dienone is 1. The fraction of sp³-hybridized carbons (Fsp3) is 0.714. The number of hydrogen-bond donors (Lipinski definition) is 1. The molecule has 1 fully saturated rings. The first-order valence-corrected chi connectivity index (χ1v) is 10.1. The Morgan fingerprint density at radius 1 is 1.26 bits per heavy atom. The van der Waals surface area contributed by atoms with Gasteiger partial charge in [0, 0.05) is 16.3 Å². The van der Waals surface area contributed by atoms with Gasteiger partial charge in [-0.1, -0.05) is 19.9 Å². The second kappa shape index (κ2) is 7.58. The molecular formula is C14H21F3O4S2. The molecule has 1 N–H and O–H groups in total. The van der Waals surface area contributed by atoms with Gasteiger partial charge in [0.2, 0.25) is 0 Å². The molecule has 1 atom stereocenters. The Labute approximate surface area is 137 Å². The van der Waals surface area contributed by atoms with Crippen molar-refractivity contribution in [1.82, 2.24) is 0 Å². The van der Waals surface area contributed by atoms with Gasteiger partial charge in [-0.15, -0.1) is 0 Å². The lowest BCUT2D eigenvalue weighted by molar-refractivity contribution is -0.0517. The summed E-state index contributed by atoms with van der Waals surface area (Å²) in [6.45, 7) is 4.24. The van der Waals surface area contributed by atoms with Gasteiger partial charge >= 0.3 is 5.51 Å². The molecule has 1 aliphatic heterocycles. The lowest BCUT2D eigenvalue weighted by Crippen LogP contribution is -2.30. The minimum Gasteiger partial charge on any atom is -0.741 e. The van der Waals surface area contributed by atoms with E-state index in [9.17, 15) is 18.3 Å². The van der Waals surface area contributed by atoms with Gasteiger partial charge in [-0.25, -0.2) is 8.42 Å². The van der Waals surface area contributed by atoms with Gasteiger partial charge < -0.3 is 9.66 Å². The molecule has 1 unspecified atom stereocenters. The monoisotopic (exact) mass is 374 g/mol. The zero-order chi connectivity index (χ0) is 17.9. The minimum absolute atomic E-state index is 0.0749. The average molecular weight is 374 g/mol. The SMILES string of the molecule is CC1(C)C=C([S+]2CCCCC2)C=CC1O.O=S(=O)([O-])C(F)(F)F. The zero-order valence-corrected chi connectivity index (χ0v) is 14.6. The molecule has 1 heterocycles. The summed E-state index contributed by atoms with van der Waals surface area (Å²) in [6.07, 6.45) is 10.3. The van der Waals surface area contributed by atoms with Crippen LogP contribution in [0.25, 0.3) is 0 Å². The summed E-state index contributed by atoms with van der Waals surface area (Å²) in [5.74, 6) is 2.73. The third-order valence-electron chi connectivity index (χ3n) is 3.62. The molecule has 4 nitrogen and oxygen atoms in total. The van der Waals surface area contributed by atoms with E-state index in [0.29, 0.717) is 10.9 Å². The Hall–Kier alpha value is -0.510. The van der Waals surface area contributed by atoms with E-state index in [1.165, 1.54) is 35.7 Å². The van der Waals surface area contributed by atoms with Crippen LogP contribution in [-0.4, -0.2) is 41.2 Å². The molecule has 2 rings (SSSR count). The van der Waals surface area contributed by atoms with Crippen molar-refractivity contribution in [1.29, 1.82) is 0 Å². The van der Waals surface area contributed by atoms with Crippen LogP contribution in [0.1, 0.15) is 33.1 Å². The van der Waals surface area contributed by atoms with Crippen LogP contribution in [0.4, 0.5) is 13.2 Å². The first-order chi connectivity index (χ1) is 10.3. The van der Waals surface area contributed by atoms with E-state index >= 15 is 0 Å². The third kappa shape index (κ3) is 6.13. The standard InChI is InChI=1S/C13H21OS.CHF3O3S/c1-13(2)10-11(6-7-12(13)14)15-8-4-3-5-9-15;2-1(3,4)8(5,6)7/h6-7,10,12,14H,3-5,8-9H2,1-2H3;(H,5,6,7)/q+1;/p-1. The minimum atomic E-state index is -6.09. The summed E-state index contributed by atoms with van der Waals surface area (Å²) < 4.78 is 58.9. The Morgan fingerprint density at radius 3 is 2.13 bits per heavy atom. The molecule has 0 bridgehead atoms. The molecule has 0 aromatic rings. The third-order valence-corrected chi connectivity index (χ3v) is 6.67. The lowest BCUT2D eigenvalue weighted by atomic mass is 9.83. The molecule has 0 saturated carbocycles. The molecule has 23 heavy (non-hydrogen) atoms. The van der Waals surface area contributed by atoms with Crippen LogP contribution in [-0.2, 0) is 21.0 Å². The van der Waals surface area contributed by atoms with Gasteiger partial charge in [0.15, 0.2) is 15.0 Å². The summed E-state index contributed by atoms with van der Waals surface area (Å²) >= 11 is 0. The highest BCUT2D eigenvalue weighted by Gasteiger charge is 2.37. The van der Waals surface area contributed by atoms with Crippen molar-refractivity contribution in [2.45, 2.75) is 44.7 Å². The van der Waals surface area contributed by atoms with Gasteiger partial charge in [-0.2, -0.15) is 13.2 Å². The van der Waals surface area contributed by atoms with Crippen molar-refractivity contribution >= 4 is 21.0 Å². The van der Waals surface area contributed by atoms with Crippen molar-refractivity contribution < 1.29 is 31.2 Å². The Balaban J connectivity index is 0.000000284. The lowest BCUT2D eigenvalue weighted by Gasteiger charge is -2.28. The highest BCUT2D eigenvalue weighted by atomic mass is 32.2. The van der Waals surface area contributed by atoms with E-state index in [1.807, 2.05) is 6.08 Å². The maximum atomic E-state index is 10.7. The predicted molar refractivity (Wildman–Crippen MR) is 83.7 cm³/mol. The zero-order valence-electron chi connectivity index (χ0n) is 13.0. The van der Waals surface area contributed by atoms with Crippen molar-refractivity contribution in [3.05, 3.63) is 23.1 Å². The Bertz CT molecular complexity index is 559. The molecule has 1 aliphatic carbocycles. The summed E-state index contributed by atoms with van der Waals surface area (Å²) in [4.78, 5) is 1.49. The van der Waals surface area contributed by atoms with Crippen LogP contribution in [0.5, 0.6) is 0 Å². The molecule has 9 heteroatoms. The van der Waals surface area contributed by atoms with Gasteiger partial charge in [0.25, 0.3) is 0 Å². The number of alkyl halides is 3. The molecule has 1 saturated heterocycles. The van der Waals surface area contributed by atoms with E-state index in [-0.39, 0.29) is 11.5 Å². The Kier molecular flexibility index (Phi) is 6.77. The average Bonchev–Trinajstić information content (AvgIpc) is 2.41. The summed E-state index contributed by atoms with van der Waals surface area (Å²) in [5, 5.41) is 9.82. The topological polar surface area (TPSA) is 77.4 Å². The number of rotatable bonds is 1. The van der Waals surface area contributed by atoms with Crippen LogP contribution >= 0.6 is 0 Å². The van der Waals surface area contributed by atoms with Gasteiger partial charge in [0.1, 0.15) is 11.5 Å². The fourth-order valence-electron chi connectivity index (χ4n) is 2.18. The van der Waals surface area contributed by atoms with E-state index in [4.69, 9.17) is 13.0 Å². The maximum Gasteiger partial charge on any atom is 0.485 e. The molecule has 0 amide bonds. The first-order valence-electron chi connectivity index (χ1n) is 7.13. The van der Waals surface area contributed by atoms with E-state index in [0.717, 1.165) is 0 Å². The van der Waals surface area contributed by atoms with Crippen LogP contribution in [0.2, 0.25) is 0 Å². The second-order valence-corrected chi connectivity index (χ2v) is 9.68. The maximum absolute atomic E-state index is 10.7. The molecule has 134 valence electrons. The normalized spacial score (nSPS) is 25.3. The van der Waals surface area contributed by atoms with Crippen LogP contribution in [0, 0.1) is 5.41 Å². The highest BCUT2D eigenvalue weighted by molar-refractivity contribution is 8.00. The van der Waals surface area contributed by atoms with Crippen LogP contribution < -0.4 is 0 Å². The molecular weight excluding hydrogens is 353 g/mol. The number of aliphatic hydroxyl groups excluding tert-OH is 1. The number of hydrogen-bond acceptors (Lipinski definition) is 4. The summed E-state index contributed by atoms with van der Waals surface area (Å²) in [7, 11) is -5.62. The molecule has 0 aromatic heterocycles. The van der Waals surface area contributed by atoms with Crippen LogP contribution in [0.3, 0.4) is 0 Å². The fourth-order valence-corrected chi connectivity index (χ4v) is 4.70. The molecule has 0 aromatic carbocycles. The molecule has 2 aliphatic rings. The number of halogens is 3. The van der Waals surface area contributed by atoms with E-state index in [1.54, 1.807) is 0 Å². The smallest absolute Gasteiger partial charge is 0.485 e. The largest absolute Gasteiger partial charge is 0.741 e. The summed E-state index contributed by atoms with van der Waals surface area (Å²) in [5.41, 5.74) is -5.72. The first kappa shape index (κ1) is 20.5. The Morgan fingerprint density at radius 2 is 1.74 bits per heavy atom. The van der Waals surface area contributed by atoms with Crippen molar-refractivity contribution in [2.24, 2.45) is 5.41 Å². The van der Waals surface area contributed by atoms with E-state index in [2.05, 4.69) is 26.0 Å². The summed E-state index contributed by atoms with van der Waals surface area (Å²) in [6, 6.07) is 0. The van der Waals surface area contributed by atoms with Crippen molar-refractivity contribution in [3.8, 4) is 0 Å².